The summed E-state index contributed by atoms with van der Waals surface area (Å²) in [6, 6.07) is 80.2. The van der Waals surface area contributed by atoms with Gasteiger partial charge in [-0.05, 0) is 124 Å². The molecule has 0 N–H and O–H groups in total. The third kappa shape index (κ3) is 5.70. The molecule has 0 saturated heterocycles. The zero-order valence-electron chi connectivity index (χ0n) is 37.0. The Morgan fingerprint density at radius 2 is 1.07 bits per heavy atom. The Labute approximate surface area is 392 Å². The molecule has 0 atom stereocenters. The van der Waals surface area contributed by atoms with Gasteiger partial charge in [0.05, 0.1) is 16.7 Å². The van der Waals surface area contributed by atoms with Crippen LogP contribution >= 0.6 is 11.3 Å². The van der Waals surface area contributed by atoms with E-state index in [4.69, 9.17) is 4.42 Å². The van der Waals surface area contributed by atoms with E-state index < -0.39 is 0 Å². The Morgan fingerprint density at radius 3 is 1.90 bits per heavy atom. The maximum absolute atomic E-state index is 6.99. The lowest BCUT2D eigenvalue weighted by Crippen LogP contribution is -2.14. The minimum absolute atomic E-state index is 0.0989. The van der Waals surface area contributed by atoms with Crippen LogP contribution in [0.2, 0.25) is 0 Å². The van der Waals surface area contributed by atoms with Crippen molar-refractivity contribution in [3.05, 3.63) is 230 Å². The summed E-state index contributed by atoms with van der Waals surface area (Å²) < 4.78 is 11.9. The molecule has 0 spiro atoms. The molecule has 0 aliphatic heterocycles. The first-order valence-electron chi connectivity index (χ1n) is 23.1. The fraction of sp³-hybridized carbons (Fsp3) is 0.0476. The van der Waals surface area contributed by atoms with Gasteiger partial charge in [-0.3, -0.25) is 0 Å². The standard InChI is InChI=1S/C63H42N2OS/c1-63(2)53-21-8-3-16-45(53)46-32-28-41(37-54(46)63)40-14-13-15-43(36-40)64(44-31-35-60-52(38-44)50-20-7-12-25-59(50)67-60)57-34-33-51-49-19-6-11-24-58(49)66-62(51)61(57)39-26-29-42(30-27-39)65-55-22-9-4-17-47(55)48-18-5-10-23-56(48)65/h3-38H,1-2H3. The number of rotatable bonds is 6. The lowest BCUT2D eigenvalue weighted by atomic mass is 9.81. The van der Waals surface area contributed by atoms with Crippen molar-refractivity contribution >= 4 is 92.3 Å². The van der Waals surface area contributed by atoms with Crippen LogP contribution in [0, 0.1) is 0 Å². The van der Waals surface area contributed by atoms with Gasteiger partial charge >= 0.3 is 0 Å². The van der Waals surface area contributed by atoms with E-state index in [2.05, 4.69) is 242 Å². The molecular formula is C63H42N2OS. The highest BCUT2D eigenvalue weighted by atomic mass is 32.1. The highest BCUT2D eigenvalue weighted by Gasteiger charge is 2.35. The smallest absolute Gasteiger partial charge is 0.145 e. The van der Waals surface area contributed by atoms with Crippen LogP contribution in [0.5, 0.6) is 0 Å². The Bertz CT molecular complexity index is 4090. The summed E-state index contributed by atoms with van der Waals surface area (Å²) in [4.78, 5) is 2.45. The van der Waals surface area contributed by atoms with Gasteiger partial charge in [-0.15, -0.1) is 11.3 Å². The number of para-hydroxylation sites is 3. The van der Waals surface area contributed by atoms with Gasteiger partial charge in [0.25, 0.3) is 0 Å². The van der Waals surface area contributed by atoms with Crippen molar-refractivity contribution in [3.8, 4) is 39.1 Å². The van der Waals surface area contributed by atoms with Crippen LogP contribution in [0.4, 0.5) is 17.1 Å². The lowest BCUT2D eigenvalue weighted by molar-refractivity contribution is 0.660. The third-order valence-electron chi connectivity index (χ3n) is 14.4. The first-order chi connectivity index (χ1) is 33.0. The monoisotopic (exact) mass is 874 g/mol. The summed E-state index contributed by atoms with van der Waals surface area (Å²) >= 11 is 1.85. The van der Waals surface area contributed by atoms with E-state index >= 15 is 0 Å². The Hall–Kier alpha value is -8.18. The zero-order valence-corrected chi connectivity index (χ0v) is 37.8. The molecule has 0 saturated carbocycles. The Morgan fingerprint density at radius 1 is 0.433 bits per heavy atom. The van der Waals surface area contributed by atoms with Crippen LogP contribution < -0.4 is 4.90 Å². The number of hydrogen-bond acceptors (Lipinski definition) is 3. The van der Waals surface area contributed by atoms with E-state index in [1.807, 2.05) is 11.3 Å². The van der Waals surface area contributed by atoms with Crippen LogP contribution in [-0.4, -0.2) is 4.57 Å². The van der Waals surface area contributed by atoms with Crippen LogP contribution in [0.15, 0.2) is 223 Å². The first-order valence-corrected chi connectivity index (χ1v) is 23.9. The number of furan rings is 1. The number of hydrogen-bond donors (Lipinski definition) is 0. The fourth-order valence-electron chi connectivity index (χ4n) is 11.2. The van der Waals surface area contributed by atoms with Crippen molar-refractivity contribution in [3.63, 3.8) is 0 Å². The molecular weight excluding hydrogens is 833 g/mol. The van der Waals surface area contributed by atoms with Crippen molar-refractivity contribution < 1.29 is 4.42 Å². The highest BCUT2D eigenvalue weighted by Crippen LogP contribution is 2.51. The maximum atomic E-state index is 6.99. The van der Waals surface area contributed by atoms with Crippen LogP contribution in [-0.2, 0) is 5.41 Å². The molecule has 4 heteroatoms. The fourth-order valence-corrected chi connectivity index (χ4v) is 12.3. The largest absolute Gasteiger partial charge is 0.455 e. The average molecular weight is 875 g/mol. The molecule has 67 heavy (non-hydrogen) atoms. The maximum Gasteiger partial charge on any atom is 0.145 e. The predicted molar refractivity (Wildman–Crippen MR) is 284 cm³/mol. The van der Waals surface area contributed by atoms with Crippen molar-refractivity contribution in [1.82, 2.24) is 4.57 Å². The quantitative estimate of drug-likeness (QED) is 0.166. The average Bonchev–Trinajstić information content (AvgIpc) is 4.11. The second-order valence-corrected chi connectivity index (χ2v) is 19.5. The van der Waals surface area contributed by atoms with Crippen molar-refractivity contribution in [2.45, 2.75) is 19.3 Å². The van der Waals surface area contributed by atoms with Crippen LogP contribution in [0.3, 0.4) is 0 Å². The minimum atomic E-state index is -0.0989. The summed E-state index contributed by atoms with van der Waals surface area (Å²) in [5, 5.41) is 7.22. The molecule has 1 aliphatic carbocycles. The van der Waals surface area contributed by atoms with Gasteiger partial charge in [-0.2, -0.15) is 0 Å². The van der Waals surface area contributed by atoms with Gasteiger partial charge in [-0.25, -0.2) is 0 Å². The number of nitrogens with zero attached hydrogens (tertiary/aromatic N) is 2. The molecule has 3 nitrogen and oxygen atoms in total. The van der Waals surface area contributed by atoms with E-state index in [9.17, 15) is 0 Å². The van der Waals surface area contributed by atoms with Gasteiger partial charge in [-0.1, -0.05) is 147 Å². The zero-order chi connectivity index (χ0) is 44.4. The second kappa shape index (κ2) is 14.4. The molecule has 0 fully saturated rings. The normalized spacial score (nSPS) is 13.0. The molecule has 1 aliphatic rings. The van der Waals surface area contributed by atoms with Crippen LogP contribution in [0.1, 0.15) is 25.0 Å². The van der Waals surface area contributed by atoms with E-state index in [0.717, 1.165) is 55.8 Å². The first kappa shape index (κ1) is 38.1. The SMILES string of the molecule is CC1(C)c2ccccc2-c2ccc(-c3cccc(N(c4ccc5sc6ccccc6c5c4)c4ccc5c(oc6ccccc65)c4-c4ccc(-n5c6ccccc6c6ccccc65)cc4)c3)cc21. The number of benzene rings is 10. The molecule has 0 radical (unpaired) electrons. The van der Waals surface area contributed by atoms with Gasteiger partial charge in [0, 0.05) is 69.8 Å². The van der Waals surface area contributed by atoms with Gasteiger partial charge < -0.3 is 13.9 Å². The van der Waals surface area contributed by atoms with E-state index in [0.29, 0.717) is 0 Å². The van der Waals surface area contributed by atoms with Crippen molar-refractivity contribution in [2.24, 2.45) is 0 Å². The molecule has 10 aromatic carbocycles. The summed E-state index contributed by atoms with van der Waals surface area (Å²) in [6.45, 7) is 4.71. The lowest BCUT2D eigenvalue weighted by Gasteiger charge is -2.29. The van der Waals surface area contributed by atoms with Crippen molar-refractivity contribution in [2.75, 3.05) is 4.90 Å². The van der Waals surface area contributed by atoms with Gasteiger partial charge in [0.2, 0.25) is 0 Å². The Balaban J connectivity index is 0.995. The third-order valence-corrected chi connectivity index (χ3v) is 15.6. The Kier molecular flexibility index (Phi) is 8.20. The molecule has 0 amide bonds. The molecule has 14 rings (SSSR count). The molecule has 3 heterocycles. The van der Waals surface area contributed by atoms with Crippen LogP contribution in [0.25, 0.3) is 103 Å². The topological polar surface area (TPSA) is 21.3 Å². The van der Waals surface area contributed by atoms with Crippen molar-refractivity contribution in [1.29, 1.82) is 0 Å². The predicted octanol–water partition coefficient (Wildman–Crippen LogP) is 18.2. The van der Waals surface area contributed by atoms with Gasteiger partial charge in [0.15, 0.2) is 0 Å². The van der Waals surface area contributed by atoms with E-state index in [1.165, 1.54) is 75.4 Å². The second-order valence-electron chi connectivity index (χ2n) is 18.4. The van der Waals surface area contributed by atoms with Gasteiger partial charge in [0.1, 0.15) is 11.2 Å². The summed E-state index contributed by atoms with van der Waals surface area (Å²) in [6.07, 6.45) is 0. The molecule has 0 bridgehead atoms. The summed E-state index contributed by atoms with van der Waals surface area (Å²) in [7, 11) is 0. The number of thiophene rings is 1. The molecule has 3 aromatic heterocycles. The van der Waals surface area contributed by atoms with E-state index in [1.54, 1.807) is 0 Å². The molecule has 316 valence electrons. The highest BCUT2D eigenvalue weighted by molar-refractivity contribution is 7.25. The number of aromatic nitrogens is 1. The summed E-state index contributed by atoms with van der Waals surface area (Å²) in [5.74, 6) is 0. The minimum Gasteiger partial charge on any atom is -0.455 e. The number of fused-ring (bicyclic) bond motifs is 12. The molecule has 13 aromatic rings. The number of anilines is 3. The van der Waals surface area contributed by atoms with E-state index in [-0.39, 0.29) is 5.41 Å². The summed E-state index contributed by atoms with van der Waals surface area (Å²) in [5.41, 5.74) is 18.2. The molecule has 0 unspecified atom stereocenters.